The molecule has 0 radical (unpaired) electrons. The van der Waals surface area contributed by atoms with Crippen LogP contribution in [0.5, 0.6) is 0 Å². The summed E-state index contributed by atoms with van der Waals surface area (Å²) < 4.78 is 2.01. The molecule has 0 saturated heterocycles. The Morgan fingerprint density at radius 2 is 1.37 bits per heavy atom. The van der Waals surface area contributed by atoms with Crippen LogP contribution in [0.2, 0.25) is 0 Å². The third kappa shape index (κ3) is 8.36. The van der Waals surface area contributed by atoms with Crippen molar-refractivity contribution in [1.82, 2.24) is 0 Å². The first-order valence-electron chi connectivity index (χ1n) is 15.5. The summed E-state index contributed by atoms with van der Waals surface area (Å²) in [4.78, 5) is 0. The number of unbranched alkanes of at least 4 members (excludes halogenated alkanes) is 5. The second kappa shape index (κ2) is 15.3. The van der Waals surface area contributed by atoms with E-state index in [0.717, 1.165) is 24.2 Å². The Kier molecular flexibility index (Phi) is 11.3. The van der Waals surface area contributed by atoms with Crippen LogP contribution in [0.25, 0.3) is 28.3 Å². The Morgan fingerprint density at radius 3 is 2.02 bits per heavy atom. The van der Waals surface area contributed by atoms with Crippen molar-refractivity contribution in [2.24, 2.45) is 5.11 Å². The van der Waals surface area contributed by atoms with E-state index in [-0.39, 0.29) is 0 Å². The number of hydrogen-bond donors (Lipinski definition) is 0. The molecule has 0 atom stereocenters. The molecule has 4 rings (SSSR count). The van der Waals surface area contributed by atoms with Crippen molar-refractivity contribution in [2.45, 2.75) is 79.1 Å². The molecule has 2 heteroatoms. The highest BCUT2D eigenvalue weighted by Crippen LogP contribution is 2.33. The Balaban J connectivity index is 1.61. The van der Waals surface area contributed by atoms with Crippen LogP contribution >= 0.6 is 0 Å². The zero-order chi connectivity index (χ0) is 29.0. The Bertz CT molecular complexity index is 1460. The highest BCUT2D eigenvalue weighted by Gasteiger charge is 2.13. The van der Waals surface area contributed by atoms with E-state index in [4.69, 9.17) is 5.11 Å². The summed E-state index contributed by atoms with van der Waals surface area (Å²) in [7, 11) is 2.05. The number of hydrogen-bond acceptors (Lipinski definition) is 1. The summed E-state index contributed by atoms with van der Waals surface area (Å²) >= 11 is 0. The fraction of sp³-hybridized carbons (Fsp3) is 0.333. The van der Waals surface area contributed by atoms with Gasteiger partial charge in [0.1, 0.15) is 5.69 Å². The van der Waals surface area contributed by atoms with Crippen LogP contribution in [0.1, 0.15) is 81.5 Å². The van der Waals surface area contributed by atoms with Gasteiger partial charge in [-0.15, -0.1) is 0 Å². The van der Waals surface area contributed by atoms with Gasteiger partial charge in [0.25, 0.3) is 0 Å². The van der Waals surface area contributed by atoms with Gasteiger partial charge in [-0.1, -0.05) is 123 Å². The number of azo groups is 2. The molecule has 4 aromatic carbocycles. The molecule has 0 aliphatic carbocycles. The van der Waals surface area contributed by atoms with Gasteiger partial charge in [-0.2, -0.15) is 0 Å². The predicted octanol–water partition coefficient (Wildman–Crippen LogP) is 11.6. The first kappa shape index (κ1) is 30.2. The fourth-order valence-corrected chi connectivity index (χ4v) is 5.61. The van der Waals surface area contributed by atoms with Gasteiger partial charge in [0.05, 0.1) is 0 Å². The molecule has 0 aliphatic rings. The van der Waals surface area contributed by atoms with Gasteiger partial charge < -0.3 is 0 Å². The molecule has 0 aliphatic heterocycles. The van der Waals surface area contributed by atoms with E-state index in [9.17, 15) is 0 Å². The fourth-order valence-electron chi connectivity index (χ4n) is 5.61. The number of aryl methyl sites for hydroxylation is 2. The molecule has 0 aromatic heterocycles. The predicted molar refractivity (Wildman–Crippen MR) is 177 cm³/mol. The number of rotatable bonds is 13. The lowest BCUT2D eigenvalue weighted by atomic mass is 9.91. The van der Waals surface area contributed by atoms with E-state index >= 15 is 0 Å². The molecule has 0 heterocycles. The van der Waals surface area contributed by atoms with Crippen molar-refractivity contribution >= 4 is 11.8 Å². The summed E-state index contributed by atoms with van der Waals surface area (Å²) in [6, 6.07) is 32.8. The normalized spacial score (nSPS) is 12.1. The van der Waals surface area contributed by atoms with Crippen LogP contribution in [0, 0.1) is 6.92 Å². The largest absolute Gasteiger partial charge is 0.205 e. The molecule has 0 saturated carbocycles. The maximum atomic E-state index is 5.05. The first-order valence-corrected chi connectivity index (χ1v) is 15.5. The topological polar surface area (TPSA) is 15.4 Å². The Morgan fingerprint density at radius 1 is 0.732 bits per heavy atom. The lowest BCUT2D eigenvalue weighted by molar-refractivity contribution is -0.510. The van der Waals surface area contributed by atoms with E-state index in [0.29, 0.717) is 0 Å². The Hall–Kier alpha value is -3.78. The van der Waals surface area contributed by atoms with Gasteiger partial charge in [-0.25, -0.2) is 0 Å². The minimum absolute atomic E-state index is 0.995. The van der Waals surface area contributed by atoms with E-state index in [1.165, 1.54) is 83.0 Å². The van der Waals surface area contributed by atoms with Gasteiger partial charge in [-0.05, 0) is 94.0 Å². The smallest absolute Gasteiger partial charge is 0.0909 e. The van der Waals surface area contributed by atoms with Gasteiger partial charge in [0.15, 0.2) is 7.05 Å². The number of nitrogens with zero attached hydrogens (tertiary/aromatic N) is 2. The lowest BCUT2D eigenvalue weighted by Crippen LogP contribution is -2.00. The number of allylic oxidation sites excluding steroid dienone is 1. The zero-order valence-corrected chi connectivity index (χ0v) is 25.8. The second-order valence-corrected chi connectivity index (χ2v) is 11.2. The molecule has 41 heavy (non-hydrogen) atoms. The van der Waals surface area contributed by atoms with E-state index in [1.54, 1.807) is 0 Å². The van der Waals surface area contributed by atoms with Crippen LogP contribution < -0.4 is 0 Å². The molecule has 0 bridgehead atoms. The molecule has 0 N–H and O–H groups in total. The first-order chi connectivity index (χ1) is 20.0. The van der Waals surface area contributed by atoms with Crippen LogP contribution in [-0.2, 0) is 12.8 Å². The van der Waals surface area contributed by atoms with Crippen molar-refractivity contribution in [3.8, 4) is 22.3 Å². The third-order valence-electron chi connectivity index (χ3n) is 8.07. The standard InChI is InChI=1S/C39H47N2/c1-6-8-9-10-11-18-23-37-30(3)26-36(29-39(37)35-21-16-13-17-22-35)40-41(5)31(4)27-32-24-25-33(7-2)38(28-32)34-19-14-12-15-20-34/h12-17,19-22,24-29H,6-11,18,23H2,1-5H3/q+1. The average Bonchev–Trinajstić information content (AvgIpc) is 3.00. The van der Waals surface area contributed by atoms with E-state index in [1.807, 2.05) is 11.7 Å². The number of benzene rings is 4. The molecule has 0 fully saturated rings. The monoisotopic (exact) mass is 543 g/mol. The molecule has 4 aromatic rings. The lowest BCUT2D eigenvalue weighted by Gasteiger charge is -2.14. The van der Waals surface area contributed by atoms with Crippen LogP contribution in [0.3, 0.4) is 0 Å². The maximum Gasteiger partial charge on any atom is 0.205 e. The average molecular weight is 544 g/mol. The SMILES string of the molecule is CCCCCCCCc1c(C)cc(N=[N+](C)C(C)=Cc2ccc(CC)c(-c3ccccc3)c2)cc1-c1ccccc1. The van der Waals surface area contributed by atoms with Crippen LogP contribution in [0.15, 0.2) is 102 Å². The zero-order valence-electron chi connectivity index (χ0n) is 25.8. The highest BCUT2D eigenvalue weighted by molar-refractivity contribution is 5.73. The quantitative estimate of drug-likeness (QED) is 0.0905. The van der Waals surface area contributed by atoms with Crippen LogP contribution in [-0.4, -0.2) is 11.7 Å². The van der Waals surface area contributed by atoms with Gasteiger partial charge in [-0.3, -0.25) is 0 Å². The minimum atomic E-state index is 0.995. The highest BCUT2D eigenvalue weighted by atomic mass is 15.2. The molecular formula is C39H47N2+. The molecule has 0 unspecified atom stereocenters. The maximum absolute atomic E-state index is 5.05. The molecule has 0 amide bonds. The summed E-state index contributed by atoms with van der Waals surface area (Å²) in [5.41, 5.74) is 12.6. The van der Waals surface area contributed by atoms with Crippen molar-refractivity contribution in [3.05, 3.63) is 119 Å². The van der Waals surface area contributed by atoms with Crippen molar-refractivity contribution < 1.29 is 4.70 Å². The van der Waals surface area contributed by atoms with Gasteiger partial charge in [0, 0.05) is 13.0 Å². The summed E-state index contributed by atoms with van der Waals surface area (Å²) in [5.74, 6) is 0. The van der Waals surface area contributed by atoms with Crippen molar-refractivity contribution in [2.75, 3.05) is 7.05 Å². The summed E-state index contributed by atoms with van der Waals surface area (Å²) in [6.45, 7) is 8.89. The minimum Gasteiger partial charge on any atom is -0.0909 e. The van der Waals surface area contributed by atoms with Crippen LogP contribution in [0.4, 0.5) is 5.69 Å². The second-order valence-electron chi connectivity index (χ2n) is 11.2. The molecular weight excluding hydrogens is 496 g/mol. The molecule has 2 nitrogen and oxygen atoms in total. The molecule has 212 valence electrons. The van der Waals surface area contributed by atoms with E-state index in [2.05, 4.69) is 125 Å². The summed E-state index contributed by atoms with van der Waals surface area (Å²) in [5, 5.41) is 5.05. The van der Waals surface area contributed by atoms with Crippen molar-refractivity contribution in [1.29, 1.82) is 0 Å². The van der Waals surface area contributed by atoms with Crippen molar-refractivity contribution in [3.63, 3.8) is 0 Å². The van der Waals surface area contributed by atoms with Gasteiger partial charge in [0.2, 0.25) is 5.70 Å². The third-order valence-corrected chi connectivity index (χ3v) is 8.07. The molecule has 0 spiro atoms. The summed E-state index contributed by atoms with van der Waals surface area (Å²) in [6.07, 6.45) is 12.2. The van der Waals surface area contributed by atoms with E-state index < -0.39 is 0 Å². The Labute approximate surface area is 248 Å². The van der Waals surface area contributed by atoms with Gasteiger partial charge >= 0.3 is 0 Å².